The van der Waals surface area contributed by atoms with Gasteiger partial charge in [-0.05, 0) is 29.7 Å². The van der Waals surface area contributed by atoms with Gasteiger partial charge in [-0.2, -0.15) is 5.26 Å². The Labute approximate surface area is 119 Å². The minimum atomic E-state index is 0.619. The van der Waals surface area contributed by atoms with Gasteiger partial charge in [0, 0.05) is 9.35 Å². The van der Waals surface area contributed by atoms with Crippen molar-refractivity contribution in [2.75, 3.05) is 5.73 Å². The molecule has 0 amide bonds. The Bertz CT molecular complexity index is 611. The van der Waals surface area contributed by atoms with E-state index in [1.54, 1.807) is 0 Å². The highest BCUT2D eigenvalue weighted by Gasteiger charge is 2.16. The maximum Gasteiger partial charge on any atom is 0.128 e. The van der Waals surface area contributed by atoms with Crippen molar-refractivity contribution in [1.29, 1.82) is 5.26 Å². The van der Waals surface area contributed by atoms with Crippen LogP contribution in [0.2, 0.25) is 0 Å². The molecule has 0 spiro atoms. The fraction of sp³-hybridized carbons (Fsp3) is 0.214. The van der Waals surface area contributed by atoms with Crippen molar-refractivity contribution < 1.29 is 0 Å². The molecule has 92 valence electrons. The zero-order chi connectivity index (χ0) is 13.1. The van der Waals surface area contributed by atoms with Gasteiger partial charge in [0.05, 0.1) is 5.69 Å². The van der Waals surface area contributed by atoms with Gasteiger partial charge in [0.15, 0.2) is 0 Å². The Morgan fingerprint density at radius 3 is 2.83 bits per heavy atom. The molecule has 0 aliphatic carbocycles. The average Bonchev–Trinajstić information content (AvgIpc) is 2.67. The molecule has 0 saturated heterocycles. The maximum absolute atomic E-state index is 9.10. The molecular weight excluding hydrogens is 308 g/mol. The van der Waals surface area contributed by atoms with Crippen LogP contribution in [0.15, 0.2) is 28.7 Å². The van der Waals surface area contributed by atoms with Crippen LogP contribution in [-0.4, -0.2) is 0 Å². The molecule has 0 atom stereocenters. The number of halogens is 1. The number of nitrogen functional groups attached to an aromatic ring is 1. The topological polar surface area (TPSA) is 49.8 Å². The molecule has 2 aromatic rings. The van der Waals surface area contributed by atoms with E-state index >= 15 is 0 Å². The van der Waals surface area contributed by atoms with E-state index in [0.717, 1.165) is 33.3 Å². The number of benzene rings is 1. The molecule has 4 heteroatoms. The normalized spacial score (nSPS) is 10.3. The Kier molecular flexibility index (Phi) is 4.05. The molecule has 0 aliphatic heterocycles. The second kappa shape index (κ2) is 5.55. The monoisotopic (exact) mass is 320 g/mol. The van der Waals surface area contributed by atoms with Gasteiger partial charge in [0.1, 0.15) is 10.9 Å². The van der Waals surface area contributed by atoms with Crippen molar-refractivity contribution in [2.24, 2.45) is 0 Å². The largest absolute Gasteiger partial charge is 0.397 e. The third-order valence-corrected chi connectivity index (χ3v) is 4.43. The fourth-order valence-electron chi connectivity index (χ4n) is 1.92. The molecule has 1 aromatic carbocycles. The van der Waals surface area contributed by atoms with Crippen LogP contribution in [-0.2, 0) is 6.42 Å². The second-order valence-corrected chi connectivity index (χ2v) is 5.96. The average molecular weight is 321 g/mol. The third-order valence-electron chi connectivity index (χ3n) is 2.74. The van der Waals surface area contributed by atoms with E-state index in [2.05, 4.69) is 41.1 Å². The van der Waals surface area contributed by atoms with E-state index in [0.29, 0.717) is 10.6 Å². The number of thiophene rings is 1. The summed E-state index contributed by atoms with van der Waals surface area (Å²) < 4.78 is 1.04. The first-order chi connectivity index (χ1) is 8.67. The van der Waals surface area contributed by atoms with Crippen LogP contribution in [0, 0.1) is 11.3 Å². The summed E-state index contributed by atoms with van der Waals surface area (Å²) in [5, 5.41) is 9.10. The van der Waals surface area contributed by atoms with Crippen LogP contribution in [0.1, 0.15) is 23.8 Å². The third kappa shape index (κ3) is 2.43. The molecule has 2 rings (SSSR count). The van der Waals surface area contributed by atoms with Gasteiger partial charge in [0.25, 0.3) is 0 Å². The summed E-state index contributed by atoms with van der Waals surface area (Å²) in [5.74, 6) is 0. The molecule has 0 radical (unpaired) electrons. The van der Waals surface area contributed by atoms with E-state index in [1.165, 1.54) is 11.3 Å². The van der Waals surface area contributed by atoms with Crippen molar-refractivity contribution in [3.05, 3.63) is 39.2 Å². The predicted molar refractivity (Wildman–Crippen MR) is 80.6 cm³/mol. The van der Waals surface area contributed by atoms with Crippen LogP contribution in [0.5, 0.6) is 0 Å². The molecule has 1 heterocycles. The number of rotatable bonds is 3. The first-order valence-corrected chi connectivity index (χ1v) is 7.35. The van der Waals surface area contributed by atoms with Crippen LogP contribution in [0.3, 0.4) is 0 Å². The standard InChI is InChI=1S/C14H13BrN2S/c1-2-4-11-13(17)12(8-16)18-14(11)9-5-3-6-10(15)7-9/h3,5-7H,2,4,17H2,1H3. The molecule has 2 nitrogen and oxygen atoms in total. The van der Waals surface area contributed by atoms with Gasteiger partial charge >= 0.3 is 0 Å². The number of hydrogen-bond donors (Lipinski definition) is 1. The summed E-state index contributed by atoms with van der Waals surface area (Å²) in [5.41, 5.74) is 8.93. The molecular formula is C14H13BrN2S. The maximum atomic E-state index is 9.10. The van der Waals surface area contributed by atoms with E-state index < -0.39 is 0 Å². The highest BCUT2D eigenvalue weighted by atomic mass is 79.9. The Hall–Kier alpha value is -1.31. The number of nitrogens with zero attached hydrogens (tertiary/aromatic N) is 1. The number of anilines is 1. The summed E-state index contributed by atoms with van der Waals surface area (Å²) in [6.45, 7) is 2.12. The molecule has 2 N–H and O–H groups in total. The van der Waals surface area contributed by atoms with Gasteiger partial charge in [-0.25, -0.2) is 0 Å². The van der Waals surface area contributed by atoms with Crippen molar-refractivity contribution in [2.45, 2.75) is 19.8 Å². The molecule has 0 aliphatic rings. The zero-order valence-electron chi connectivity index (χ0n) is 10.0. The Balaban J connectivity index is 2.60. The molecule has 0 saturated carbocycles. The fourth-order valence-corrected chi connectivity index (χ4v) is 3.38. The lowest BCUT2D eigenvalue weighted by Crippen LogP contribution is -1.93. The molecule has 0 bridgehead atoms. The number of hydrogen-bond acceptors (Lipinski definition) is 3. The summed E-state index contributed by atoms with van der Waals surface area (Å²) in [4.78, 5) is 1.74. The smallest absolute Gasteiger partial charge is 0.128 e. The quantitative estimate of drug-likeness (QED) is 0.899. The zero-order valence-corrected chi connectivity index (χ0v) is 12.4. The van der Waals surface area contributed by atoms with Crippen molar-refractivity contribution >= 4 is 33.0 Å². The lowest BCUT2D eigenvalue weighted by atomic mass is 10.0. The molecule has 1 aromatic heterocycles. The van der Waals surface area contributed by atoms with Crippen LogP contribution in [0.25, 0.3) is 10.4 Å². The minimum Gasteiger partial charge on any atom is -0.397 e. The summed E-state index contributed by atoms with van der Waals surface area (Å²) in [6.07, 6.45) is 1.93. The summed E-state index contributed by atoms with van der Waals surface area (Å²) >= 11 is 4.95. The highest BCUT2D eigenvalue weighted by molar-refractivity contribution is 9.10. The van der Waals surface area contributed by atoms with E-state index in [4.69, 9.17) is 11.0 Å². The lowest BCUT2D eigenvalue weighted by Gasteiger charge is -2.04. The lowest BCUT2D eigenvalue weighted by molar-refractivity contribution is 0.930. The van der Waals surface area contributed by atoms with E-state index in [1.807, 2.05) is 12.1 Å². The first-order valence-electron chi connectivity index (χ1n) is 5.74. The van der Waals surface area contributed by atoms with Gasteiger partial charge in [-0.15, -0.1) is 11.3 Å². The minimum absolute atomic E-state index is 0.619. The first kappa shape index (κ1) is 13.1. The van der Waals surface area contributed by atoms with Gasteiger partial charge < -0.3 is 5.73 Å². The summed E-state index contributed by atoms with van der Waals surface area (Å²) in [7, 11) is 0. The Morgan fingerprint density at radius 2 is 2.22 bits per heavy atom. The van der Waals surface area contributed by atoms with Crippen LogP contribution < -0.4 is 5.73 Å². The number of nitrogens with two attached hydrogens (primary N) is 1. The van der Waals surface area contributed by atoms with Crippen LogP contribution >= 0.6 is 27.3 Å². The van der Waals surface area contributed by atoms with Gasteiger partial charge in [0.2, 0.25) is 0 Å². The van der Waals surface area contributed by atoms with E-state index in [-0.39, 0.29) is 0 Å². The Morgan fingerprint density at radius 1 is 1.44 bits per heavy atom. The van der Waals surface area contributed by atoms with Crippen molar-refractivity contribution in [3.8, 4) is 16.5 Å². The van der Waals surface area contributed by atoms with Crippen molar-refractivity contribution in [1.82, 2.24) is 0 Å². The number of nitriles is 1. The SMILES string of the molecule is CCCc1c(-c2cccc(Br)c2)sc(C#N)c1N. The highest BCUT2D eigenvalue weighted by Crippen LogP contribution is 2.39. The summed E-state index contributed by atoms with van der Waals surface area (Å²) in [6, 6.07) is 10.3. The van der Waals surface area contributed by atoms with Gasteiger partial charge in [-0.1, -0.05) is 41.4 Å². The van der Waals surface area contributed by atoms with Crippen LogP contribution in [0.4, 0.5) is 5.69 Å². The molecule has 18 heavy (non-hydrogen) atoms. The predicted octanol–water partition coefficient (Wildman–Crippen LogP) is 4.58. The molecule has 0 unspecified atom stereocenters. The van der Waals surface area contributed by atoms with E-state index in [9.17, 15) is 0 Å². The van der Waals surface area contributed by atoms with Crippen molar-refractivity contribution in [3.63, 3.8) is 0 Å². The second-order valence-electron chi connectivity index (χ2n) is 4.02. The van der Waals surface area contributed by atoms with Gasteiger partial charge in [-0.3, -0.25) is 0 Å². The molecule has 0 fully saturated rings.